The molecular weight excluding hydrogens is 392 g/mol. The van der Waals surface area contributed by atoms with Crippen LogP contribution in [0.4, 0.5) is 11.4 Å². The standard InChI is InChI=1S/C21H26N2O5S/c1-5-16-7-13-19(14-8-16)23(29(4,26)27)15(3)20(24)22-18-11-9-17(10-12-18)21(25)28-6-2/h7-15H,5-6H2,1-4H3,(H,22,24). The zero-order valence-corrected chi connectivity index (χ0v) is 17.8. The van der Waals surface area contributed by atoms with Crippen LogP contribution in [-0.2, 0) is 26.0 Å². The smallest absolute Gasteiger partial charge is 0.338 e. The van der Waals surface area contributed by atoms with Crippen molar-refractivity contribution in [3.05, 3.63) is 59.7 Å². The zero-order chi connectivity index (χ0) is 21.6. The zero-order valence-electron chi connectivity index (χ0n) is 17.0. The van der Waals surface area contributed by atoms with E-state index in [0.717, 1.165) is 22.5 Å². The Hall–Kier alpha value is -2.87. The van der Waals surface area contributed by atoms with E-state index in [2.05, 4.69) is 5.32 Å². The lowest BCUT2D eigenvalue weighted by molar-refractivity contribution is -0.116. The summed E-state index contributed by atoms with van der Waals surface area (Å²) < 4.78 is 30.7. The van der Waals surface area contributed by atoms with E-state index in [9.17, 15) is 18.0 Å². The minimum Gasteiger partial charge on any atom is -0.462 e. The predicted molar refractivity (Wildman–Crippen MR) is 114 cm³/mol. The van der Waals surface area contributed by atoms with Gasteiger partial charge >= 0.3 is 5.97 Å². The van der Waals surface area contributed by atoms with E-state index in [-0.39, 0.29) is 6.61 Å². The number of carbonyl (C=O) groups is 2. The van der Waals surface area contributed by atoms with E-state index in [1.807, 2.05) is 19.1 Å². The highest BCUT2D eigenvalue weighted by molar-refractivity contribution is 7.92. The maximum absolute atomic E-state index is 12.7. The van der Waals surface area contributed by atoms with E-state index in [0.29, 0.717) is 16.9 Å². The van der Waals surface area contributed by atoms with Gasteiger partial charge < -0.3 is 10.1 Å². The van der Waals surface area contributed by atoms with Gasteiger partial charge in [-0.05, 0) is 62.2 Å². The molecule has 0 fully saturated rings. The van der Waals surface area contributed by atoms with Crippen LogP contribution < -0.4 is 9.62 Å². The monoisotopic (exact) mass is 418 g/mol. The van der Waals surface area contributed by atoms with Gasteiger partial charge in [0.1, 0.15) is 6.04 Å². The average Bonchev–Trinajstić information content (AvgIpc) is 2.68. The molecule has 0 heterocycles. The molecule has 0 saturated heterocycles. The van der Waals surface area contributed by atoms with E-state index in [1.54, 1.807) is 31.2 Å². The Morgan fingerprint density at radius 3 is 2.10 bits per heavy atom. The third kappa shape index (κ3) is 5.80. The molecule has 8 heteroatoms. The number of hydrogen-bond donors (Lipinski definition) is 1. The number of nitrogens with zero attached hydrogens (tertiary/aromatic N) is 1. The largest absolute Gasteiger partial charge is 0.462 e. The minimum absolute atomic E-state index is 0.273. The third-order valence-corrected chi connectivity index (χ3v) is 5.59. The number of amides is 1. The molecule has 0 radical (unpaired) electrons. The molecule has 2 aromatic rings. The van der Waals surface area contributed by atoms with Gasteiger partial charge in [-0.15, -0.1) is 0 Å². The Morgan fingerprint density at radius 2 is 1.62 bits per heavy atom. The molecule has 1 N–H and O–H groups in total. The lowest BCUT2D eigenvalue weighted by Gasteiger charge is -2.28. The molecular formula is C21H26N2O5S. The van der Waals surface area contributed by atoms with Gasteiger partial charge in [0.2, 0.25) is 15.9 Å². The number of ether oxygens (including phenoxy) is 1. The van der Waals surface area contributed by atoms with Gasteiger partial charge in [-0.2, -0.15) is 0 Å². The first-order valence-corrected chi connectivity index (χ1v) is 11.2. The van der Waals surface area contributed by atoms with Gasteiger partial charge in [0, 0.05) is 5.69 Å². The van der Waals surface area contributed by atoms with E-state index >= 15 is 0 Å². The molecule has 1 atom stereocenters. The van der Waals surface area contributed by atoms with Crippen molar-refractivity contribution in [2.45, 2.75) is 33.2 Å². The number of sulfonamides is 1. The lowest BCUT2D eigenvalue weighted by atomic mass is 10.1. The van der Waals surface area contributed by atoms with Crippen LogP contribution in [0, 0.1) is 0 Å². The van der Waals surface area contributed by atoms with Crippen molar-refractivity contribution in [3.63, 3.8) is 0 Å². The number of nitrogens with one attached hydrogen (secondary N) is 1. The molecule has 2 aromatic carbocycles. The Morgan fingerprint density at radius 1 is 1.03 bits per heavy atom. The molecule has 1 unspecified atom stereocenters. The van der Waals surface area contributed by atoms with Crippen LogP contribution in [0.15, 0.2) is 48.5 Å². The summed E-state index contributed by atoms with van der Waals surface area (Å²) in [5.74, 6) is -0.934. The number of rotatable bonds is 8. The first-order valence-electron chi connectivity index (χ1n) is 9.33. The number of carbonyl (C=O) groups excluding carboxylic acids is 2. The number of hydrogen-bond acceptors (Lipinski definition) is 5. The molecule has 7 nitrogen and oxygen atoms in total. The Bertz CT molecular complexity index is 954. The van der Waals surface area contributed by atoms with Crippen LogP contribution in [0.25, 0.3) is 0 Å². The van der Waals surface area contributed by atoms with Crippen molar-refractivity contribution in [1.29, 1.82) is 0 Å². The van der Waals surface area contributed by atoms with Crippen molar-refractivity contribution in [1.82, 2.24) is 0 Å². The molecule has 1 amide bonds. The van der Waals surface area contributed by atoms with Gasteiger partial charge in [0.05, 0.1) is 24.1 Å². The first kappa shape index (κ1) is 22.4. The van der Waals surface area contributed by atoms with Gasteiger partial charge in [-0.3, -0.25) is 9.10 Å². The van der Waals surface area contributed by atoms with Crippen LogP contribution in [0.2, 0.25) is 0 Å². The molecule has 2 rings (SSSR count). The van der Waals surface area contributed by atoms with Crippen LogP contribution >= 0.6 is 0 Å². The summed E-state index contributed by atoms with van der Waals surface area (Å²) in [6.45, 7) is 5.52. The number of anilines is 2. The van der Waals surface area contributed by atoms with Crippen LogP contribution in [0.3, 0.4) is 0 Å². The van der Waals surface area contributed by atoms with Crippen LogP contribution in [-0.4, -0.2) is 39.2 Å². The molecule has 0 aliphatic heterocycles. The fraction of sp³-hybridized carbons (Fsp3) is 0.333. The van der Waals surface area contributed by atoms with Crippen molar-refractivity contribution >= 4 is 33.3 Å². The highest BCUT2D eigenvalue weighted by atomic mass is 32.2. The molecule has 156 valence electrons. The van der Waals surface area contributed by atoms with Crippen molar-refractivity contribution in [2.24, 2.45) is 0 Å². The normalized spacial score (nSPS) is 12.1. The van der Waals surface area contributed by atoms with E-state index < -0.39 is 27.9 Å². The average molecular weight is 419 g/mol. The molecule has 0 spiro atoms. The third-order valence-electron chi connectivity index (χ3n) is 4.35. The summed E-state index contributed by atoms with van der Waals surface area (Å²) in [4.78, 5) is 24.4. The summed E-state index contributed by atoms with van der Waals surface area (Å²) in [7, 11) is -3.69. The minimum atomic E-state index is -3.69. The second-order valence-electron chi connectivity index (χ2n) is 6.54. The van der Waals surface area contributed by atoms with Crippen LogP contribution in [0.1, 0.15) is 36.7 Å². The lowest BCUT2D eigenvalue weighted by Crippen LogP contribution is -2.45. The first-order chi connectivity index (χ1) is 13.7. The highest BCUT2D eigenvalue weighted by Gasteiger charge is 2.29. The maximum atomic E-state index is 12.7. The fourth-order valence-corrected chi connectivity index (χ4v) is 4.01. The summed E-state index contributed by atoms with van der Waals surface area (Å²) in [6, 6.07) is 12.3. The second kappa shape index (κ2) is 9.56. The Kier molecular flexibility index (Phi) is 7.39. The Labute approximate surface area is 171 Å². The molecule has 0 bridgehead atoms. The molecule has 29 heavy (non-hydrogen) atoms. The summed E-state index contributed by atoms with van der Waals surface area (Å²) in [5, 5.41) is 2.69. The fourth-order valence-electron chi connectivity index (χ4n) is 2.84. The van der Waals surface area contributed by atoms with E-state index in [4.69, 9.17) is 4.74 Å². The molecule has 0 aromatic heterocycles. The van der Waals surface area contributed by atoms with Crippen molar-refractivity contribution in [2.75, 3.05) is 22.5 Å². The molecule has 0 aliphatic carbocycles. The SMILES string of the molecule is CCOC(=O)c1ccc(NC(=O)C(C)N(c2ccc(CC)cc2)S(C)(=O)=O)cc1. The van der Waals surface area contributed by atoms with Gasteiger partial charge in [-0.25, -0.2) is 13.2 Å². The Balaban J connectivity index is 2.19. The number of esters is 1. The van der Waals surface area contributed by atoms with Crippen molar-refractivity contribution in [3.8, 4) is 0 Å². The van der Waals surface area contributed by atoms with Gasteiger partial charge in [-0.1, -0.05) is 19.1 Å². The summed E-state index contributed by atoms with van der Waals surface area (Å²) in [6.07, 6.45) is 1.90. The highest BCUT2D eigenvalue weighted by Crippen LogP contribution is 2.22. The summed E-state index contributed by atoms with van der Waals surface area (Å²) >= 11 is 0. The van der Waals surface area contributed by atoms with Gasteiger partial charge in [0.15, 0.2) is 0 Å². The molecule has 0 aliphatic rings. The van der Waals surface area contributed by atoms with Gasteiger partial charge in [0.25, 0.3) is 0 Å². The van der Waals surface area contributed by atoms with Crippen molar-refractivity contribution < 1.29 is 22.7 Å². The topological polar surface area (TPSA) is 92.8 Å². The van der Waals surface area contributed by atoms with E-state index in [1.165, 1.54) is 19.1 Å². The quantitative estimate of drug-likeness (QED) is 0.665. The maximum Gasteiger partial charge on any atom is 0.338 e. The number of aryl methyl sites for hydroxylation is 1. The summed E-state index contributed by atoms with van der Waals surface area (Å²) in [5.41, 5.74) is 2.31. The predicted octanol–water partition coefficient (Wildman–Crippen LogP) is 3.22. The van der Waals surface area contributed by atoms with Crippen LogP contribution in [0.5, 0.6) is 0 Å². The number of benzene rings is 2. The molecule has 0 saturated carbocycles. The second-order valence-corrected chi connectivity index (χ2v) is 8.40.